The van der Waals surface area contributed by atoms with Crippen molar-refractivity contribution in [2.45, 2.75) is 33.2 Å². The zero-order valence-electron chi connectivity index (χ0n) is 17.0. The van der Waals surface area contributed by atoms with Gasteiger partial charge in [-0.3, -0.25) is 14.4 Å². The largest absolute Gasteiger partial charge is 0.376 e. The second-order valence-electron chi connectivity index (χ2n) is 6.70. The molecule has 0 spiro atoms. The van der Waals surface area contributed by atoms with Gasteiger partial charge < -0.3 is 21.3 Å². The van der Waals surface area contributed by atoms with Gasteiger partial charge in [0.05, 0.1) is 6.54 Å². The van der Waals surface area contributed by atoms with Crippen molar-refractivity contribution in [2.75, 3.05) is 23.7 Å². The normalized spacial score (nSPS) is 11.3. The summed E-state index contributed by atoms with van der Waals surface area (Å²) in [6, 6.07) is 13.8. The molecule has 0 saturated heterocycles. The van der Waals surface area contributed by atoms with Crippen LogP contribution in [0.25, 0.3) is 0 Å². The van der Waals surface area contributed by atoms with Crippen molar-refractivity contribution in [1.82, 2.24) is 10.6 Å². The molecule has 0 fully saturated rings. The highest BCUT2D eigenvalue weighted by Crippen LogP contribution is 2.12. The van der Waals surface area contributed by atoms with Gasteiger partial charge in [-0.25, -0.2) is 0 Å². The van der Waals surface area contributed by atoms with Gasteiger partial charge in [-0.2, -0.15) is 0 Å². The highest BCUT2D eigenvalue weighted by molar-refractivity contribution is 5.97. The van der Waals surface area contributed by atoms with Crippen molar-refractivity contribution in [3.63, 3.8) is 0 Å². The van der Waals surface area contributed by atoms with E-state index in [2.05, 4.69) is 21.3 Å². The van der Waals surface area contributed by atoms with E-state index >= 15 is 0 Å². The minimum Gasteiger partial charge on any atom is -0.376 e. The molecule has 3 amide bonds. The van der Waals surface area contributed by atoms with Gasteiger partial charge in [0.1, 0.15) is 0 Å². The predicted octanol–water partition coefficient (Wildman–Crippen LogP) is 3.02. The molecule has 2 aromatic carbocycles. The Morgan fingerprint density at radius 2 is 1.62 bits per heavy atom. The van der Waals surface area contributed by atoms with Crippen molar-refractivity contribution < 1.29 is 14.4 Å². The zero-order chi connectivity index (χ0) is 21.2. The minimum absolute atomic E-state index is 0.0501. The van der Waals surface area contributed by atoms with Crippen LogP contribution in [-0.4, -0.2) is 36.9 Å². The maximum Gasteiger partial charge on any atom is 0.251 e. The molecule has 2 aromatic rings. The fraction of sp³-hybridized carbons (Fsp3) is 0.318. The molecule has 0 heterocycles. The van der Waals surface area contributed by atoms with E-state index in [0.717, 1.165) is 6.42 Å². The number of hydrogen-bond acceptors (Lipinski definition) is 4. The van der Waals surface area contributed by atoms with Crippen LogP contribution in [0.4, 0.5) is 11.4 Å². The van der Waals surface area contributed by atoms with Gasteiger partial charge >= 0.3 is 0 Å². The molecule has 29 heavy (non-hydrogen) atoms. The smallest absolute Gasteiger partial charge is 0.251 e. The van der Waals surface area contributed by atoms with Gasteiger partial charge in [-0.05, 0) is 62.7 Å². The summed E-state index contributed by atoms with van der Waals surface area (Å²) in [6.45, 7) is 6.42. The SMILES string of the molecule is CCNC(=O)c1ccc(NC(=O)CNc2cccc(C(=O)NC(C)CC)c2)cc1. The van der Waals surface area contributed by atoms with Crippen LogP contribution in [0, 0.1) is 0 Å². The third-order valence-corrected chi connectivity index (χ3v) is 4.34. The summed E-state index contributed by atoms with van der Waals surface area (Å²) in [7, 11) is 0. The molecule has 7 heteroatoms. The van der Waals surface area contributed by atoms with Gasteiger partial charge in [-0.15, -0.1) is 0 Å². The van der Waals surface area contributed by atoms with Crippen LogP contribution in [0.15, 0.2) is 48.5 Å². The van der Waals surface area contributed by atoms with Crippen LogP contribution < -0.4 is 21.3 Å². The first kappa shape index (κ1) is 21.9. The quantitative estimate of drug-likeness (QED) is 0.524. The first-order chi connectivity index (χ1) is 13.9. The predicted molar refractivity (Wildman–Crippen MR) is 115 cm³/mol. The first-order valence-electron chi connectivity index (χ1n) is 9.75. The summed E-state index contributed by atoms with van der Waals surface area (Å²) >= 11 is 0. The number of hydrogen-bond donors (Lipinski definition) is 4. The second-order valence-corrected chi connectivity index (χ2v) is 6.70. The highest BCUT2D eigenvalue weighted by Gasteiger charge is 2.10. The Hall–Kier alpha value is -3.35. The second kappa shape index (κ2) is 10.8. The fourth-order valence-corrected chi connectivity index (χ4v) is 2.53. The molecule has 154 valence electrons. The molecule has 0 bridgehead atoms. The molecule has 7 nitrogen and oxygen atoms in total. The Bertz CT molecular complexity index is 849. The molecule has 1 unspecified atom stereocenters. The van der Waals surface area contributed by atoms with Gasteiger partial charge in [0.2, 0.25) is 5.91 Å². The van der Waals surface area contributed by atoms with E-state index in [0.29, 0.717) is 29.0 Å². The van der Waals surface area contributed by atoms with Crippen molar-refractivity contribution in [2.24, 2.45) is 0 Å². The molecular weight excluding hydrogens is 368 g/mol. The van der Waals surface area contributed by atoms with Gasteiger partial charge in [0.25, 0.3) is 11.8 Å². The molecule has 0 aliphatic rings. The molecular formula is C22H28N4O3. The number of anilines is 2. The topological polar surface area (TPSA) is 99.3 Å². The van der Waals surface area contributed by atoms with Crippen LogP contribution >= 0.6 is 0 Å². The number of rotatable bonds is 9. The fourth-order valence-electron chi connectivity index (χ4n) is 2.53. The van der Waals surface area contributed by atoms with Gasteiger partial charge in [0.15, 0.2) is 0 Å². The van der Waals surface area contributed by atoms with E-state index in [9.17, 15) is 14.4 Å². The average Bonchev–Trinajstić information content (AvgIpc) is 2.73. The van der Waals surface area contributed by atoms with Crippen molar-refractivity contribution in [3.8, 4) is 0 Å². The number of amides is 3. The Morgan fingerprint density at radius 1 is 0.897 bits per heavy atom. The summed E-state index contributed by atoms with van der Waals surface area (Å²) in [4.78, 5) is 36.1. The van der Waals surface area contributed by atoms with E-state index in [4.69, 9.17) is 0 Å². The molecule has 2 rings (SSSR count). The Morgan fingerprint density at radius 3 is 2.28 bits per heavy atom. The molecule has 0 aromatic heterocycles. The standard InChI is InChI=1S/C22H28N4O3/c1-4-15(3)25-22(29)17-7-6-8-19(13-17)24-14-20(27)26-18-11-9-16(10-12-18)21(28)23-5-2/h6-13,15,24H,4-5,14H2,1-3H3,(H,23,28)(H,25,29)(H,26,27). The van der Waals surface area contributed by atoms with E-state index in [1.54, 1.807) is 48.5 Å². The lowest BCUT2D eigenvalue weighted by molar-refractivity contribution is -0.114. The maximum atomic E-state index is 12.2. The molecule has 1 atom stereocenters. The summed E-state index contributed by atoms with van der Waals surface area (Å²) < 4.78 is 0. The van der Waals surface area contributed by atoms with Crippen molar-refractivity contribution in [3.05, 3.63) is 59.7 Å². The van der Waals surface area contributed by atoms with Gasteiger partial charge in [-0.1, -0.05) is 13.0 Å². The van der Waals surface area contributed by atoms with Crippen LogP contribution in [0.5, 0.6) is 0 Å². The van der Waals surface area contributed by atoms with Crippen molar-refractivity contribution >= 4 is 29.1 Å². The molecule has 4 N–H and O–H groups in total. The van der Waals surface area contributed by atoms with Crippen LogP contribution in [0.2, 0.25) is 0 Å². The molecule has 0 saturated carbocycles. The zero-order valence-corrected chi connectivity index (χ0v) is 17.0. The van der Waals surface area contributed by atoms with E-state index < -0.39 is 0 Å². The van der Waals surface area contributed by atoms with Crippen molar-refractivity contribution in [1.29, 1.82) is 0 Å². The maximum absolute atomic E-state index is 12.2. The highest BCUT2D eigenvalue weighted by atomic mass is 16.2. The van der Waals surface area contributed by atoms with Gasteiger partial charge in [0, 0.05) is 35.1 Å². The Balaban J connectivity index is 1.88. The molecule has 0 aliphatic heterocycles. The molecule has 0 radical (unpaired) electrons. The minimum atomic E-state index is -0.231. The van der Waals surface area contributed by atoms with Crippen LogP contribution in [0.1, 0.15) is 47.9 Å². The lowest BCUT2D eigenvalue weighted by atomic mass is 10.1. The lowest BCUT2D eigenvalue weighted by Crippen LogP contribution is -2.31. The third-order valence-electron chi connectivity index (χ3n) is 4.34. The summed E-state index contributed by atoms with van der Waals surface area (Å²) in [5.74, 6) is -0.519. The summed E-state index contributed by atoms with van der Waals surface area (Å²) in [5, 5.41) is 11.4. The number of carbonyl (C=O) groups is 3. The summed E-state index contributed by atoms with van der Waals surface area (Å²) in [6.07, 6.45) is 0.855. The number of carbonyl (C=O) groups excluding carboxylic acids is 3. The first-order valence-corrected chi connectivity index (χ1v) is 9.75. The summed E-state index contributed by atoms with van der Waals surface area (Å²) in [5.41, 5.74) is 2.36. The number of benzene rings is 2. The van der Waals surface area contributed by atoms with E-state index in [1.807, 2.05) is 20.8 Å². The lowest BCUT2D eigenvalue weighted by Gasteiger charge is -2.13. The monoisotopic (exact) mass is 396 g/mol. The van der Waals surface area contributed by atoms with E-state index in [1.165, 1.54) is 0 Å². The van der Waals surface area contributed by atoms with Crippen LogP contribution in [-0.2, 0) is 4.79 Å². The Labute approximate surface area is 171 Å². The third kappa shape index (κ3) is 6.95. The average molecular weight is 396 g/mol. The Kier molecular flexibility index (Phi) is 8.21. The van der Waals surface area contributed by atoms with E-state index in [-0.39, 0.29) is 30.3 Å². The molecule has 0 aliphatic carbocycles. The number of nitrogens with one attached hydrogen (secondary N) is 4. The van der Waals surface area contributed by atoms with Crippen LogP contribution in [0.3, 0.4) is 0 Å².